The van der Waals surface area contributed by atoms with E-state index < -0.39 is 6.10 Å². The quantitative estimate of drug-likeness (QED) is 0.142. The van der Waals surface area contributed by atoms with Gasteiger partial charge in [-0.05, 0) is 95.3 Å². The van der Waals surface area contributed by atoms with Crippen molar-refractivity contribution in [3.63, 3.8) is 0 Å². The summed E-state index contributed by atoms with van der Waals surface area (Å²) in [4.78, 5) is 4.88. The Kier molecular flexibility index (Phi) is 13.3. The van der Waals surface area contributed by atoms with Crippen molar-refractivity contribution in [2.45, 2.75) is 39.1 Å². The van der Waals surface area contributed by atoms with Gasteiger partial charge in [-0.2, -0.15) is 0 Å². The summed E-state index contributed by atoms with van der Waals surface area (Å²) in [6.07, 6.45) is -0.0459. The molecule has 3 heterocycles. The molecule has 6 heteroatoms. The molecule has 1 aliphatic heterocycles. The van der Waals surface area contributed by atoms with E-state index in [1.165, 1.54) is 48.7 Å². The first kappa shape index (κ1) is 35.4. The minimum atomic E-state index is -0.454. The number of benzene rings is 4. The summed E-state index contributed by atoms with van der Waals surface area (Å²) in [5, 5.41) is 17.8. The molecule has 7 rings (SSSR count). The van der Waals surface area contributed by atoms with E-state index in [9.17, 15) is 5.11 Å². The standard InChI is InChI=1S/C21H23NOS.C13H15NS.C8H8O/c1-16-12-13-24-21(16)19-10-8-17(9-11-19)14-22(2)15-20(23)18-6-4-3-5-7-18;1-10-7-8-15-13(10)12-5-3-11(4-6-12)9-14-2;1-2-4-7(5-3-1)8-6-9-8/h3-13,20,23H,14-15H2,1-2H3;3-8,14H,9H2,1-2H3;1-5,8H,6H2. The largest absolute Gasteiger partial charge is 0.387 e. The van der Waals surface area contributed by atoms with Gasteiger partial charge in [-0.15, -0.1) is 22.7 Å². The fourth-order valence-electron chi connectivity index (χ4n) is 5.44. The van der Waals surface area contributed by atoms with Crippen LogP contribution in [0.2, 0.25) is 0 Å². The number of aliphatic hydroxyl groups excluding tert-OH is 1. The summed E-state index contributed by atoms with van der Waals surface area (Å²) in [5.41, 5.74) is 10.1. The maximum absolute atomic E-state index is 10.3. The Morgan fingerprint density at radius 2 is 1.23 bits per heavy atom. The Hall–Kier alpha value is -3.88. The van der Waals surface area contributed by atoms with E-state index in [-0.39, 0.29) is 0 Å². The monoisotopic (exact) mass is 674 g/mol. The smallest absolute Gasteiger partial charge is 0.106 e. The van der Waals surface area contributed by atoms with Crippen molar-refractivity contribution in [2.75, 3.05) is 27.2 Å². The molecule has 1 saturated heterocycles. The van der Waals surface area contributed by atoms with Gasteiger partial charge in [0.1, 0.15) is 6.10 Å². The van der Waals surface area contributed by atoms with E-state index >= 15 is 0 Å². The number of thiophene rings is 2. The van der Waals surface area contributed by atoms with Gasteiger partial charge in [0.15, 0.2) is 0 Å². The van der Waals surface area contributed by atoms with E-state index in [1.54, 1.807) is 22.7 Å². The van der Waals surface area contributed by atoms with Crippen LogP contribution in [0.25, 0.3) is 20.9 Å². The van der Waals surface area contributed by atoms with Crippen LogP contribution in [0, 0.1) is 13.8 Å². The number of hydrogen-bond donors (Lipinski definition) is 2. The number of nitrogens with zero attached hydrogens (tertiary/aromatic N) is 1. The molecule has 2 atom stereocenters. The minimum Gasteiger partial charge on any atom is -0.387 e. The van der Waals surface area contributed by atoms with Crippen LogP contribution < -0.4 is 5.32 Å². The molecule has 2 N–H and O–H groups in total. The van der Waals surface area contributed by atoms with Crippen LogP contribution >= 0.6 is 22.7 Å². The third kappa shape index (κ3) is 10.6. The number of likely N-dealkylation sites (N-methyl/N-ethyl adjacent to an activating group) is 1. The lowest BCUT2D eigenvalue weighted by atomic mass is 10.1. The highest BCUT2D eigenvalue weighted by molar-refractivity contribution is 7.14. The molecule has 1 aliphatic rings. The molecule has 0 aliphatic carbocycles. The lowest BCUT2D eigenvalue weighted by Gasteiger charge is -2.21. The van der Waals surface area contributed by atoms with Crippen LogP contribution in [0.3, 0.4) is 0 Å². The van der Waals surface area contributed by atoms with Crippen molar-refractivity contribution < 1.29 is 9.84 Å². The molecule has 0 amide bonds. The van der Waals surface area contributed by atoms with Crippen LogP contribution in [-0.2, 0) is 17.8 Å². The Morgan fingerprint density at radius 3 is 1.69 bits per heavy atom. The second-order valence-electron chi connectivity index (χ2n) is 12.1. The summed E-state index contributed by atoms with van der Waals surface area (Å²) in [6.45, 7) is 7.60. The first-order valence-corrected chi connectivity index (χ1v) is 18.2. The van der Waals surface area contributed by atoms with Crippen molar-refractivity contribution in [3.8, 4) is 20.9 Å². The predicted molar refractivity (Wildman–Crippen MR) is 205 cm³/mol. The highest BCUT2D eigenvalue weighted by Gasteiger charge is 2.23. The van der Waals surface area contributed by atoms with E-state index in [1.807, 2.05) is 62.6 Å². The van der Waals surface area contributed by atoms with Crippen LogP contribution in [0.15, 0.2) is 132 Å². The van der Waals surface area contributed by atoms with Gasteiger partial charge in [0, 0.05) is 29.4 Å². The highest BCUT2D eigenvalue weighted by atomic mass is 32.1. The van der Waals surface area contributed by atoms with Gasteiger partial charge in [-0.3, -0.25) is 4.90 Å². The Labute approximate surface area is 294 Å². The van der Waals surface area contributed by atoms with E-state index in [0.717, 1.165) is 25.3 Å². The summed E-state index contributed by atoms with van der Waals surface area (Å²) in [5.74, 6) is 0. The first-order valence-electron chi connectivity index (χ1n) is 16.4. The Bertz CT molecular complexity index is 1780. The summed E-state index contributed by atoms with van der Waals surface area (Å²) < 4.78 is 5.09. The van der Waals surface area contributed by atoms with Crippen LogP contribution in [0.1, 0.15) is 45.6 Å². The Morgan fingerprint density at radius 1 is 0.729 bits per heavy atom. The van der Waals surface area contributed by atoms with Gasteiger partial charge in [0.25, 0.3) is 0 Å². The number of aryl methyl sites for hydroxylation is 2. The van der Waals surface area contributed by atoms with E-state index in [0.29, 0.717) is 12.6 Å². The molecule has 248 valence electrons. The molecule has 2 unspecified atom stereocenters. The third-order valence-electron chi connectivity index (χ3n) is 8.16. The molecule has 0 radical (unpaired) electrons. The van der Waals surface area contributed by atoms with Gasteiger partial charge in [-0.25, -0.2) is 0 Å². The summed E-state index contributed by atoms with van der Waals surface area (Å²) >= 11 is 3.59. The number of epoxide rings is 1. The fourth-order valence-corrected chi connectivity index (χ4v) is 7.31. The molecular formula is C42H46N2O2S2. The highest BCUT2D eigenvalue weighted by Crippen LogP contribution is 2.31. The van der Waals surface area contributed by atoms with Crippen LogP contribution in [-0.4, -0.2) is 37.3 Å². The summed E-state index contributed by atoms with van der Waals surface area (Å²) in [7, 11) is 4.01. The molecule has 4 aromatic carbocycles. The third-order valence-corrected chi connectivity index (χ3v) is 10.3. The molecule has 2 aromatic heterocycles. The number of hydrogen-bond acceptors (Lipinski definition) is 6. The number of ether oxygens (including phenoxy) is 1. The number of rotatable bonds is 10. The molecule has 6 aromatic rings. The lowest BCUT2D eigenvalue weighted by Crippen LogP contribution is -2.24. The normalized spacial score (nSPS) is 14.0. The molecular weight excluding hydrogens is 629 g/mol. The van der Waals surface area contributed by atoms with Crippen molar-refractivity contribution in [1.29, 1.82) is 0 Å². The van der Waals surface area contributed by atoms with Gasteiger partial charge in [0.05, 0.1) is 12.7 Å². The molecule has 1 fully saturated rings. The van der Waals surface area contributed by atoms with E-state index in [2.05, 4.69) is 108 Å². The second-order valence-corrected chi connectivity index (χ2v) is 14.0. The van der Waals surface area contributed by atoms with Gasteiger partial charge < -0.3 is 15.2 Å². The fraction of sp³-hybridized carbons (Fsp3) is 0.238. The van der Waals surface area contributed by atoms with Gasteiger partial charge in [-0.1, -0.05) is 109 Å². The SMILES string of the molecule is CNCc1ccc(-c2sccc2C)cc1.Cc1ccsc1-c1ccc(CN(C)CC(O)c2ccccc2)cc1.c1ccc(C2CO2)cc1. The average Bonchev–Trinajstić information content (AvgIpc) is 3.75. The van der Waals surface area contributed by atoms with Crippen molar-refractivity contribution in [1.82, 2.24) is 10.2 Å². The zero-order valence-corrected chi connectivity index (χ0v) is 29.9. The zero-order valence-electron chi connectivity index (χ0n) is 28.3. The average molecular weight is 675 g/mol. The second kappa shape index (κ2) is 18.0. The molecule has 4 nitrogen and oxygen atoms in total. The van der Waals surface area contributed by atoms with Gasteiger partial charge in [0.2, 0.25) is 0 Å². The van der Waals surface area contributed by atoms with E-state index in [4.69, 9.17) is 4.74 Å². The topological polar surface area (TPSA) is 48.0 Å². The molecule has 0 bridgehead atoms. The first-order chi connectivity index (χ1) is 23.4. The van der Waals surface area contributed by atoms with Crippen molar-refractivity contribution in [3.05, 3.63) is 165 Å². The molecule has 48 heavy (non-hydrogen) atoms. The predicted octanol–water partition coefficient (Wildman–Crippen LogP) is 10.1. The van der Waals surface area contributed by atoms with Crippen LogP contribution in [0.5, 0.6) is 0 Å². The van der Waals surface area contributed by atoms with Crippen molar-refractivity contribution in [2.24, 2.45) is 0 Å². The van der Waals surface area contributed by atoms with Crippen molar-refractivity contribution >= 4 is 22.7 Å². The minimum absolute atomic E-state index is 0.409. The Balaban J connectivity index is 0.000000158. The zero-order chi connectivity index (χ0) is 33.7. The van der Waals surface area contributed by atoms with Crippen LogP contribution in [0.4, 0.5) is 0 Å². The number of aliphatic hydroxyl groups is 1. The lowest BCUT2D eigenvalue weighted by molar-refractivity contribution is 0.124. The molecule has 0 spiro atoms. The maximum Gasteiger partial charge on any atom is 0.106 e. The maximum atomic E-state index is 10.3. The summed E-state index contributed by atoms with van der Waals surface area (Å²) in [6, 6.07) is 42.0. The number of nitrogens with one attached hydrogen (secondary N) is 1. The van der Waals surface area contributed by atoms with Gasteiger partial charge >= 0.3 is 0 Å². The molecule has 0 saturated carbocycles.